The second-order valence-electron chi connectivity index (χ2n) is 4.49. The van der Waals surface area contributed by atoms with Crippen molar-refractivity contribution in [3.8, 4) is 0 Å². The lowest BCUT2D eigenvalue weighted by molar-refractivity contribution is 0.506. The van der Waals surface area contributed by atoms with Crippen molar-refractivity contribution >= 4 is 0 Å². The lowest BCUT2D eigenvalue weighted by Gasteiger charge is -2.14. The Balaban J connectivity index is 2.94. The zero-order valence-electron chi connectivity index (χ0n) is 8.87. The van der Waals surface area contributed by atoms with Gasteiger partial charge in [0.1, 0.15) is 0 Å². The van der Waals surface area contributed by atoms with Crippen LogP contribution in [0.25, 0.3) is 0 Å². The number of nitrogens with zero attached hydrogens (tertiary/aromatic N) is 4. The summed E-state index contributed by atoms with van der Waals surface area (Å²) in [6.07, 6.45) is 0. The van der Waals surface area contributed by atoms with Crippen molar-refractivity contribution in [3.63, 3.8) is 0 Å². The largest absolute Gasteiger partial charge is 0.178 e. The number of hydrogen-bond acceptors (Lipinski definition) is 4. The molecular formula is C9H16N4. The van der Waals surface area contributed by atoms with Crippen LogP contribution in [0.4, 0.5) is 0 Å². The summed E-state index contributed by atoms with van der Waals surface area (Å²) in [5, 5.41) is 16.1. The second-order valence-corrected chi connectivity index (χ2v) is 4.49. The second kappa shape index (κ2) is 3.36. The third-order valence-corrected chi connectivity index (χ3v) is 1.68. The molecule has 0 spiro atoms. The maximum atomic E-state index is 4.05. The molecular weight excluding hydrogens is 164 g/mol. The molecule has 1 rings (SSSR count). The molecule has 0 amide bonds. The summed E-state index contributed by atoms with van der Waals surface area (Å²) in [5.41, 5.74) is -0.0739. The summed E-state index contributed by atoms with van der Waals surface area (Å²) in [7, 11) is 0. The average molecular weight is 180 g/mol. The Labute approximate surface area is 78.8 Å². The highest BCUT2D eigenvalue weighted by Crippen LogP contribution is 2.16. The van der Waals surface area contributed by atoms with Gasteiger partial charge in [-0.25, -0.2) is 0 Å². The molecule has 4 nitrogen and oxygen atoms in total. The summed E-state index contributed by atoms with van der Waals surface area (Å²) < 4.78 is 0. The number of aromatic nitrogens is 4. The van der Waals surface area contributed by atoms with Crippen LogP contribution in [0.3, 0.4) is 0 Å². The van der Waals surface area contributed by atoms with Gasteiger partial charge in [-0.05, 0) is 0 Å². The number of rotatable bonds is 1. The number of hydrogen-bond donors (Lipinski definition) is 0. The predicted molar refractivity (Wildman–Crippen MR) is 50.4 cm³/mol. The van der Waals surface area contributed by atoms with Gasteiger partial charge >= 0.3 is 0 Å². The van der Waals surface area contributed by atoms with Crippen LogP contribution >= 0.6 is 0 Å². The van der Waals surface area contributed by atoms with Gasteiger partial charge in [0.05, 0.1) is 0 Å². The van der Waals surface area contributed by atoms with Gasteiger partial charge < -0.3 is 0 Å². The zero-order chi connectivity index (χ0) is 10.1. The molecule has 0 unspecified atom stereocenters. The smallest absolute Gasteiger partial charge is 0.131 e. The topological polar surface area (TPSA) is 51.6 Å². The molecule has 0 aliphatic rings. The Morgan fingerprint density at radius 3 is 1.69 bits per heavy atom. The normalized spacial score (nSPS) is 12.2. The minimum Gasteiger partial charge on any atom is -0.131 e. The molecule has 0 fully saturated rings. The van der Waals surface area contributed by atoms with Crippen LogP contribution in [-0.4, -0.2) is 20.4 Å². The highest BCUT2D eigenvalue weighted by molar-refractivity contribution is 4.98. The fraction of sp³-hybridized carbons (Fsp3) is 0.778. The molecule has 0 saturated carbocycles. The summed E-state index contributed by atoms with van der Waals surface area (Å²) in [6, 6.07) is 0. The van der Waals surface area contributed by atoms with Crippen molar-refractivity contribution in [2.45, 2.75) is 46.0 Å². The third-order valence-electron chi connectivity index (χ3n) is 1.68. The molecule has 4 heteroatoms. The lowest BCUT2D eigenvalue weighted by Crippen LogP contribution is -2.19. The van der Waals surface area contributed by atoms with Gasteiger partial charge in [0.15, 0.2) is 11.6 Å². The Kier molecular flexibility index (Phi) is 2.59. The van der Waals surface area contributed by atoms with Crippen LogP contribution in [0.2, 0.25) is 0 Å². The SMILES string of the molecule is CC(C)c1nnc(C(C)(C)C)nn1. The van der Waals surface area contributed by atoms with E-state index in [0.29, 0.717) is 11.6 Å². The standard InChI is InChI=1S/C9H16N4/c1-6(2)7-10-12-8(13-11-7)9(3,4)5/h6H,1-5H3. The van der Waals surface area contributed by atoms with Gasteiger partial charge in [-0.15, -0.1) is 20.4 Å². The van der Waals surface area contributed by atoms with Gasteiger partial charge in [0.25, 0.3) is 0 Å². The highest BCUT2D eigenvalue weighted by atomic mass is 15.3. The van der Waals surface area contributed by atoms with Crippen molar-refractivity contribution in [2.24, 2.45) is 0 Å². The van der Waals surface area contributed by atoms with Gasteiger partial charge in [0.2, 0.25) is 0 Å². The molecule has 1 aromatic heterocycles. The van der Waals surface area contributed by atoms with Gasteiger partial charge in [-0.3, -0.25) is 0 Å². The Morgan fingerprint density at radius 2 is 1.38 bits per heavy atom. The zero-order valence-corrected chi connectivity index (χ0v) is 8.87. The minimum absolute atomic E-state index is 0.0739. The highest BCUT2D eigenvalue weighted by Gasteiger charge is 2.18. The van der Waals surface area contributed by atoms with Crippen LogP contribution in [-0.2, 0) is 5.41 Å². The summed E-state index contributed by atoms with van der Waals surface area (Å²) in [5.74, 6) is 1.68. The quantitative estimate of drug-likeness (QED) is 0.660. The molecule has 0 bridgehead atoms. The van der Waals surface area contributed by atoms with Crippen LogP contribution in [0.15, 0.2) is 0 Å². The van der Waals surface area contributed by atoms with E-state index in [1.54, 1.807) is 0 Å². The maximum absolute atomic E-state index is 4.05. The first-order valence-electron chi connectivity index (χ1n) is 4.49. The third kappa shape index (κ3) is 2.44. The van der Waals surface area contributed by atoms with Crippen LogP contribution in [0.5, 0.6) is 0 Å². The summed E-state index contributed by atoms with van der Waals surface area (Å²) in [4.78, 5) is 0. The van der Waals surface area contributed by atoms with Crippen molar-refractivity contribution in [1.29, 1.82) is 0 Å². The monoisotopic (exact) mass is 180 g/mol. The molecule has 0 N–H and O–H groups in total. The van der Waals surface area contributed by atoms with E-state index < -0.39 is 0 Å². The van der Waals surface area contributed by atoms with Crippen molar-refractivity contribution in [3.05, 3.63) is 11.6 Å². The molecule has 1 heterocycles. The molecule has 0 radical (unpaired) electrons. The van der Waals surface area contributed by atoms with E-state index in [1.807, 2.05) is 34.6 Å². The van der Waals surface area contributed by atoms with E-state index >= 15 is 0 Å². The Hall–Kier alpha value is -1.06. The molecule has 1 aromatic rings. The van der Waals surface area contributed by atoms with E-state index in [9.17, 15) is 0 Å². The van der Waals surface area contributed by atoms with Crippen LogP contribution in [0, 0.1) is 0 Å². The lowest BCUT2D eigenvalue weighted by atomic mass is 9.96. The van der Waals surface area contributed by atoms with E-state index in [4.69, 9.17) is 0 Å². The molecule has 0 atom stereocenters. The molecule has 0 aliphatic heterocycles. The fourth-order valence-electron chi connectivity index (χ4n) is 0.768. The van der Waals surface area contributed by atoms with Gasteiger partial charge in [0, 0.05) is 11.3 Å². The fourth-order valence-corrected chi connectivity index (χ4v) is 0.768. The van der Waals surface area contributed by atoms with E-state index in [1.165, 1.54) is 0 Å². The van der Waals surface area contributed by atoms with Crippen LogP contribution in [0.1, 0.15) is 52.2 Å². The van der Waals surface area contributed by atoms with Gasteiger partial charge in [-0.1, -0.05) is 34.6 Å². The van der Waals surface area contributed by atoms with E-state index in [2.05, 4.69) is 20.4 Å². The van der Waals surface area contributed by atoms with Crippen molar-refractivity contribution in [1.82, 2.24) is 20.4 Å². The molecule has 13 heavy (non-hydrogen) atoms. The average Bonchev–Trinajstić information content (AvgIpc) is 2.03. The maximum Gasteiger partial charge on any atom is 0.178 e. The Bertz CT molecular complexity index is 271. The van der Waals surface area contributed by atoms with E-state index in [0.717, 1.165) is 0 Å². The first kappa shape index (κ1) is 10.0. The van der Waals surface area contributed by atoms with Crippen molar-refractivity contribution < 1.29 is 0 Å². The summed E-state index contributed by atoms with van der Waals surface area (Å²) in [6.45, 7) is 10.2. The minimum atomic E-state index is -0.0739. The van der Waals surface area contributed by atoms with Crippen LogP contribution < -0.4 is 0 Å². The molecule has 0 aliphatic carbocycles. The first-order valence-corrected chi connectivity index (χ1v) is 4.49. The molecule has 0 aromatic carbocycles. The first-order chi connectivity index (χ1) is 5.91. The summed E-state index contributed by atoms with van der Waals surface area (Å²) >= 11 is 0. The predicted octanol–water partition coefficient (Wildman–Crippen LogP) is 1.69. The van der Waals surface area contributed by atoms with Crippen molar-refractivity contribution in [2.75, 3.05) is 0 Å². The molecule has 0 saturated heterocycles. The molecule has 72 valence electrons. The van der Waals surface area contributed by atoms with E-state index in [-0.39, 0.29) is 11.3 Å². The van der Waals surface area contributed by atoms with Gasteiger partial charge in [-0.2, -0.15) is 0 Å². The Morgan fingerprint density at radius 1 is 0.923 bits per heavy atom.